The number of benzene rings is 2. The standard InChI is InChI=1S/C13H8Br2ClFO3S/c14-11-3-1-9(17)5-8(11)7-20-13-4-2-10(6-12(13)15)21(16,18)19/h1-6H,7H2. The maximum Gasteiger partial charge on any atom is 0.261 e. The second kappa shape index (κ2) is 6.64. The Balaban J connectivity index is 2.19. The zero-order chi connectivity index (χ0) is 15.6. The molecule has 0 amide bonds. The van der Waals surface area contributed by atoms with Crippen LogP contribution in [0.3, 0.4) is 0 Å². The van der Waals surface area contributed by atoms with Crippen molar-refractivity contribution < 1.29 is 17.5 Å². The lowest BCUT2D eigenvalue weighted by Gasteiger charge is -2.10. The predicted molar refractivity (Wildman–Crippen MR) is 85.6 cm³/mol. The van der Waals surface area contributed by atoms with E-state index in [1.54, 1.807) is 6.07 Å². The van der Waals surface area contributed by atoms with E-state index in [2.05, 4.69) is 31.9 Å². The molecule has 0 saturated heterocycles. The number of hydrogen-bond donors (Lipinski definition) is 0. The fourth-order valence-electron chi connectivity index (χ4n) is 1.56. The number of ether oxygens (including phenoxy) is 1. The van der Waals surface area contributed by atoms with Gasteiger partial charge in [0.2, 0.25) is 0 Å². The van der Waals surface area contributed by atoms with E-state index in [4.69, 9.17) is 15.4 Å². The lowest BCUT2D eigenvalue weighted by Crippen LogP contribution is -1.99. The minimum absolute atomic E-state index is 0.0321. The average molecular weight is 459 g/mol. The maximum atomic E-state index is 13.2. The van der Waals surface area contributed by atoms with Crippen LogP contribution < -0.4 is 4.74 Å². The van der Waals surface area contributed by atoms with Gasteiger partial charge < -0.3 is 4.74 Å². The zero-order valence-corrected chi connectivity index (χ0v) is 15.1. The summed E-state index contributed by atoms with van der Waals surface area (Å²) >= 11 is 6.52. The molecule has 112 valence electrons. The van der Waals surface area contributed by atoms with Gasteiger partial charge in [-0.3, -0.25) is 0 Å². The summed E-state index contributed by atoms with van der Waals surface area (Å²) in [5, 5.41) is 0. The molecule has 0 aromatic heterocycles. The molecule has 0 saturated carbocycles. The number of halogens is 4. The Kier molecular flexibility index (Phi) is 5.29. The van der Waals surface area contributed by atoms with Crippen LogP contribution in [0.4, 0.5) is 4.39 Å². The Morgan fingerprint density at radius 1 is 1.10 bits per heavy atom. The largest absolute Gasteiger partial charge is 0.488 e. The van der Waals surface area contributed by atoms with Crippen LogP contribution in [0.5, 0.6) is 5.75 Å². The Bertz CT molecular complexity index is 781. The summed E-state index contributed by atoms with van der Waals surface area (Å²) in [6, 6.07) is 8.44. The molecule has 0 fully saturated rings. The van der Waals surface area contributed by atoms with Gasteiger partial charge in [-0.1, -0.05) is 15.9 Å². The molecule has 0 radical (unpaired) electrons. The molecule has 0 heterocycles. The van der Waals surface area contributed by atoms with Gasteiger partial charge in [0.1, 0.15) is 18.2 Å². The van der Waals surface area contributed by atoms with E-state index in [1.165, 1.54) is 30.3 Å². The lowest BCUT2D eigenvalue weighted by molar-refractivity contribution is 0.302. The first-order valence-corrected chi connectivity index (χ1v) is 9.48. The highest BCUT2D eigenvalue weighted by Gasteiger charge is 2.13. The van der Waals surface area contributed by atoms with Gasteiger partial charge in [-0.15, -0.1) is 0 Å². The van der Waals surface area contributed by atoms with Gasteiger partial charge in [0, 0.05) is 20.7 Å². The normalized spacial score (nSPS) is 11.4. The van der Waals surface area contributed by atoms with Crippen molar-refractivity contribution in [3.8, 4) is 5.75 Å². The first kappa shape index (κ1) is 16.7. The quantitative estimate of drug-likeness (QED) is 0.615. The molecule has 21 heavy (non-hydrogen) atoms. The van der Waals surface area contributed by atoms with Crippen LogP contribution in [-0.2, 0) is 15.7 Å². The summed E-state index contributed by atoms with van der Waals surface area (Å²) in [6.07, 6.45) is 0. The fourth-order valence-corrected chi connectivity index (χ4v) is 3.34. The van der Waals surface area contributed by atoms with Crippen LogP contribution in [0.15, 0.2) is 50.2 Å². The van der Waals surface area contributed by atoms with E-state index < -0.39 is 9.05 Å². The maximum absolute atomic E-state index is 13.2. The Labute approximate surface area is 142 Å². The molecule has 8 heteroatoms. The van der Waals surface area contributed by atoms with Crippen molar-refractivity contribution in [2.75, 3.05) is 0 Å². The Morgan fingerprint density at radius 3 is 2.43 bits per heavy atom. The van der Waals surface area contributed by atoms with E-state index in [-0.39, 0.29) is 17.3 Å². The lowest BCUT2D eigenvalue weighted by atomic mass is 10.2. The van der Waals surface area contributed by atoms with Crippen molar-refractivity contribution >= 4 is 51.6 Å². The molecule has 0 unspecified atom stereocenters. The minimum atomic E-state index is -3.79. The van der Waals surface area contributed by atoms with Crippen LogP contribution in [0.2, 0.25) is 0 Å². The predicted octanol–water partition coefficient (Wildman–Crippen LogP) is 4.86. The molecule has 0 N–H and O–H groups in total. The summed E-state index contributed by atoms with van der Waals surface area (Å²) in [4.78, 5) is -0.0321. The number of hydrogen-bond acceptors (Lipinski definition) is 3. The first-order valence-electron chi connectivity index (χ1n) is 5.58. The monoisotopic (exact) mass is 456 g/mol. The van der Waals surface area contributed by atoms with Crippen LogP contribution in [0.1, 0.15) is 5.56 Å². The highest BCUT2D eigenvalue weighted by atomic mass is 79.9. The second-order valence-electron chi connectivity index (χ2n) is 4.05. The van der Waals surface area contributed by atoms with Gasteiger partial charge in [-0.2, -0.15) is 0 Å². The van der Waals surface area contributed by atoms with Crippen molar-refractivity contribution in [2.24, 2.45) is 0 Å². The van der Waals surface area contributed by atoms with Crippen LogP contribution in [-0.4, -0.2) is 8.42 Å². The zero-order valence-electron chi connectivity index (χ0n) is 10.3. The van der Waals surface area contributed by atoms with Crippen molar-refractivity contribution in [3.05, 3.63) is 56.7 Å². The number of rotatable bonds is 4. The molecule has 2 aromatic rings. The molecule has 0 aliphatic heterocycles. The highest BCUT2D eigenvalue weighted by Crippen LogP contribution is 2.30. The van der Waals surface area contributed by atoms with E-state index in [0.717, 1.165) is 4.47 Å². The van der Waals surface area contributed by atoms with Gasteiger partial charge in [0.05, 0.1) is 9.37 Å². The van der Waals surface area contributed by atoms with Gasteiger partial charge in [0.25, 0.3) is 9.05 Å². The molecule has 0 aliphatic carbocycles. The van der Waals surface area contributed by atoms with E-state index >= 15 is 0 Å². The van der Waals surface area contributed by atoms with Crippen molar-refractivity contribution in [1.29, 1.82) is 0 Å². The van der Waals surface area contributed by atoms with Crippen molar-refractivity contribution in [1.82, 2.24) is 0 Å². The summed E-state index contributed by atoms with van der Waals surface area (Å²) in [6.45, 7) is 0.129. The molecule has 0 spiro atoms. The van der Waals surface area contributed by atoms with Gasteiger partial charge in [0.15, 0.2) is 0 Å². The molecular formula is C13H8Br2ClFO3S. The molecule has 2 aromatic carbocycles. The molecular weight excluding hydrogens is 450 g/mol. The van der Waals surface area contributed by atoms with Gasteiger partial charge in [-0.25, -0.2) is 12.8 Å². The Hall–Kier alpha value is -0.630. The molecule has 0 bridgehead atoms. The highest BCUT2D eigenvalue weighted by molar-refractivity contribution is 9.10. The summed E-state index contributed by atoms with van der Waals surface area (Å²) in [7, 11) is 1.46. The molecule has 0 aliphatic rings. The SMILES string of the molecule is O=S(=O)(Cl)c1ccc(OCc2cc(F)ccc2Br)c(Br)c1. The average Bonchev–Trinajstić information content (AvgIpc) is 2.40. The third-order valence-electron chi connectivity index (χ3n) is 2.58. The van der Waals surface area contributed by atoms with Gasteiger partial charge in [-0.05, 0) is 52.3 Å². The molecule has 0 atom stereocenters. The van der Waals surface area contributed by atoms with E-state index in [1.807, 2.05) is 0 Å². The van der Waals surface area contributed by atoms with Crippen LogP contribution in [0.25, 0.3) is 0 Å². The van der Waals surface area contributed by atoms with E-state index in [0.29, 0.717) is 15.8 Å². The summed E-state index contributed by atoms with van der Waals surface area (Å²) < 4.78 is 42.3. The first-order chi connectivity index (χ1) is 9.77. The van der Waals surface area contributed by atoms with Gasteiger partial charge >= 0.3 is 0 Å². The van der Waals surface area contributed by atoms with Crippen LogP contribution in [0, 0.1) is 5.82 Å². The third kappa shape index (κ3) is 4.42. The second-order valence-corrected chi connectivity index (χ2v) is 8.33. The summed E-state index contributed by atoms with van der Waals surface area (Å²) in [5.74, 6) is 0.0645. The minimum Gasteiger partial charge on any atom is -0.488 e. The van der Waals surface area contributed by atoms with Crippen LogP contribution >= 0.6 is 42.5 Å². The molecule has 2 rings (SSSR count). The molecule has 3 nitrogen and oxygen atoms in total. The topological polar surface area (TPSA) is 43.4 Å². The third-order valence-corrected chi connectivity index (χ3v) is 5.32. The van der Waals surface area contributed by atoms with Crippen molar-refractivity contribution in [2.45, 2.75) is 11.5 Å². The van der Waals surface area contributed by atoms with E-state index in [9.17, 15) is 12.8 Å². The summed E-state index contributed by atoms with van der Waals surface area (Å²) in [5.41, 5.74) is 0.635. The van der Waals surface area contributed by atoms with Crippen molar-refractivity contribution in [3.63, 3.8) is 0 Å². The smallest absolute Gasteiger partial charge is 0.261 e. The Morgan fingerprint density at radius 2 is 1.81 bits per heavy atom. The fraction of sp³-hybridized carbons (Fsp3) is 0.0769.